The van der Waals surface area contributed by atoms with Crippen LogP contribution in [0.1, 0.15) is 30.2 Å². The molecule has 2 N–H and O–H groups in total. The van der Waals surface area contributed by atoms with E-state index in [0.29, 0.717) is 18.7 Å². The van der Waals surface area contributed by atoms with Crippen molar-refractivity contribution >= 4 is 29.2 Å². The Balaban J connectivity index is 1.65. The number of hydrogen-bond acceptors (Lipinski definition) is 5. The molecular weight excluding hydrogens is 448 g/mol. The summed E-state index contributed by atoms with van der Waals surface area (Å²) in [6.45, 7) is 3.23. The number of carbonyl (C=O) groups excluding carboxylic acids is 2. The first kappa shape index (κ1) is 23.8. The van der Waals surface area contributed by atoms with Crippen LogP contribution in [0.3, 0.4) is 0 Å². The van der Waals surface area contributed by atoms with Gasteiger partial charge in [-0.3, -0.25) is 15.1 Å². The number of nitrogens with zero attached hydrogens (tertiary/aromatic N) is 4. The van der Waals surface area contributed by atoms with Gasteiger partial charge >= 0.3 is 6.03 Å². The summed E-state index contributed by atoms with van der Waals surface area (Å²) in [6.07, 6.45) is 1.47. The minimum absolute atomic E-state index is 0.00398. The van der Waals surface area contributed by atoms with Crippen LogP contribution in [-0.2, 0) is 10.3 Å². The Hall–Kier alpha value is -3.38. The van der Waals surface area contributed by atoms with E-state index in [-0.39, 0.29) is 29.7 Å². The zero-order valence-corrected chi connectivity index (χ0v) is 20.8. The molecule has 3 heterocycles. The molecule has 0 aliphatic carbocycles. The minimum Gasteiger partial charge on any atom is -0.345 e. The van der Waals surface area contributed by atoms with Gasteiger partial charge in [0, 0.05) is 39.1 Å². The van der Waals surface area contributed by atoms with E-state index in [2.05, 4.69) is 17.5 Å². The lowest BCUT2D eigenvalue weighted by Crippen LogP contribution is -2.65. The molecule has 34 heavy (non-hydrogen) atoms. The third-order valence-electron chi connectivity index (χ3n) is 7.03. The average molecular weight is 479 g/mol. The fourth-order valence-corrected chi connectivity index (χ4v) is 6.17. The average Bonchev–Trinajstić information content (AvgIpc) is 3.34. The molecule has 178 valence electrons. The minimum atomic E-state index is -0.741. The number of likely N-dealkylation sites (tertiary alicyclic amines) is 1. The van der Waals surface area contributed by atoms with Crippen LogP contribution in [0.25, 0.3) is 11.1 Å². The third-order valence-corrected chi connectivity index (χ3v) is 8.20. The molecule has 3 amide bonds. The summed E-state index contributed by atoms with van der Waals surface area (Å²) < 4.78 is 0. The molecule has 4 rings (SSSR count). The largest absolute Gasteiger partial charge is 0.345 e. The van der Waals surface area contributed by atoms with Crippen molar-refractivity contribution in [1.29, 1.82) is 10.7 Å². The molecule has 0 radical (unpaired) electrons. The number of nitriles is 1. The van der Waals surface area contributed by atoms with Crippen LogP contribution in [0.15, 0.2) is 35.7 Å². The van der Waals surface area contributed by atoms with Crippen LogP contribution in [0.2, 0.25) is 0 Å². The second-order valence-corrected chi connectivity index (χ2v) is 10.4. The number of thiophene rings is 1. The van der Waals surface area contributed by atoms with Gasteiger partial charge in [0.05, 0.1) is 23.1 Å². The maximum Gasteiger partial charge on any atom is 0.319 e. The smallest absolute Gasteiger partial charge is 0.319 e. The topological polar surface area (TPSA) is 104 Å². The van der Waals surface area contributed by atoms with Crippen LogP contribution < -0.4 is 5.32 Å². The number of piperidine rings is 1. The van der Waals surface area contributed by atoms with E-state index in [1.54, 1.807) is 43.4 Å². The number of hydrogen-bond donors (Lipinski definition) is 2. The molecule has 2 atom stereocenters. The molecule has 0 saturated carbocycles. The summed E-state index contributed by atoms with van der Waals surface area (Å²) >= 11 is 1.56. The number of nitrogens with one attached hydrogen (secondary N) is 2. The van der Waals surface area contributed by atoms with Gasteiger partial charge in [0.2, 0.25) is 5.91 Å². The maximum absolute atomic E-state index is 13.5. The highest BCUT2D eigenvalue weighted by Gasteiger charge is 2.52. The summed E-state index contributed by atoms with van der Waals surface area (Å²) in [4.78, 5) is 31.7. The number of guanidine groups is 1. The molecule has 0 bridgehead atoms. The summed E-state index contributed by atoms with van der Waals surface area (Å²) in [6, 6.07) is 11.7. The van der Waals surface area contributed by atoms with Crippen LogP contribution in [0.4, 0.5) is 4.79 Å². The van der Waals surface area contributed by atoms with Crippen molar-refractivity contribution < 1.29 is 9.59 Å². The number of carbonyl (C=O) groups is 2. The lowest BCUT2D eigenvalue weighted by atomic mass is 9.70. The number of benzene rings is 1. The van der Waals surface area contributed by atoms with Gasteiger partial charge in [-0.1, -0.05) is 12.1 Å². The Morgan fingerprint density at radius 3 is 2.62 bits per heavy atom. The van der Waals surface area contributed by atoms with Gasteiger partial charge in [0.25, 0.3) is 0 Å². The van der Waals surface area contributed by atoms with Crippen molar-refractivity contribution in [2.45, 2.75) is 25.3 Å². The molecule has 1 aromatic carbocycles. The Bertz CT molecular complexity index is 1160. The van der Waals surface area contributed by atoms with E-state index in [1.165, 1.54) is 4.90 Å². The van der Waals surface area contributed by atoms with Crippen molar-refractivity contribution in [3.05, 3.63) is 46.2 Å². The molecule has 1 aromatic heterocycles. The molecule has 2 aliphatic rings. The summed E-state index contributed by atoms with van der Waals surface area (Å²) in [5.74, 6) is -0.255. The fourth-order valence-electron chi connectivity index (χ4n) is 5.10. The van der Waals surface area contributed by atoms with Crippen molar-refractivity contribution in [2.24, 2.45) is 11.8 Å². The normalized spacial score (nSPS) is 23.4. The standard InChI is InChI=1S/C25H30N6O2S/c1-25(20-13-19(15-34-20)18-7-5-6-16(12-18)14-26)21(22(32)30(4)23(27)28-25)17-8-10-31(11-9-17)24(33)29(2)3/h5-7,12-13,15,17,21H,8-11H2,1-4H3,(H2,27,28)/t21-,25-/m1/s1. The van der Waals surface area contributed by atoms with E-state index < -0.39 is 5.54 Å². The number of rotatable bonds is 3. The lowest BCUT2D eigenvalue weighted by Gasteiger charge is -2.49. The zero-order chi connectivity index (χ0) is 24.6. The van der Waals surface area contributed by atoms with E-state index in [0.717, 1.165) is 28.8 Å². The lowest BCUT2D eigenvalue weighted by molar-refractivity contribution is -0.139. The SMILES string of the molecule is CN(C)C(=O)N1CCC([C@@H]2C(=O)N(C)C(=N)N[C@]2(C)c2cc(-c3cccc(C#N)c3)cs2)CC1. The summed E-state index contributed by atoms with van der Waals surface area (Å²) in [7, 11) is 5.14. The highest BCUT2D eigenvalue weighted by atomic mass is 32.1. The van der Waals surface area contributed by atoms with Crippen molar-refractivity contribution in [1.82, 2.24) is 20.0 Å². The van der Waals surface area contributed by atoms with Crippen LogP contribution >= 0.6 is 11.3 Å². The first-order chi connectivity index (χ1) is 16.2. The first-order valence-electron chi connectivity index (χ1n) is 11.4. The highest BCUT2D eigenvalue weighted by molar-refractivity contribution is 7.10. The van der Waals surface area contributed by atoms with Gasteiger partial charge < -0.3 is 15.1 Å². The van der Waals surface area contributed by atoms with Gasteiger partial charge in [-0.15, -0.1) is 11.3 Å². The van der Waals surface area contributed by atoms with Gasteiger partial charge in [-0.05, 0) is 60.4 Å². The van der Waals surface area contributed by atoms with E-state index >= 15 is 0 Å². The summed E-state index contributed by atoms with van der Waals surface area (Å²) in [5, 5.41) is 23.0. The predicted octanol–water partition coefficient (Wildman–Crippen LogP) is 3.51. The van der Waals surface area contributed by atoms with Crippen molar-refractivity contribution in [3.63, 3.8) is 0 Å². The molecule has 9 heteroatoms. The quantitative estimate of drug-likeness (QED) is 0.705. The van der Waals surface area contributed by atoms with Crippen molar-refractivity contribution in [2.75, 3.05) is 34.2 Å². The molecule has 2 aliphatic heterocycles. The Kier molecular flexibility index (Phi) is 6.36. The van der Waals surface area contributed by atoms with Crippen molar-refractivity contribution in [3.8, 4) is 17.2 Å². The van der Waals surface area contributed by atoms with Gasteiger partial charge in [0.15, 0.2) is 5.96 Å². The zero-order valence-electron chi connectivity index (χ0n) is 20.0. The molecule has 8 nitrogen and oxygen atoms in total. The van der Waals surface area contributed by atoms with Gasteiger partial charge in [-0.25, -0.2) is 4.79 Å². The Labute approximate surface area is 204 Å². The molecular formula is C25H30N6O2S. The molecule has 2 fully saturated rings. The second kappa shape index (κ2) is 9.11. The maximum atomic E-state index is 13.5. The van der Waals surface area contributed by atoms with Gasteiger partial charge in [0.1, 0.15) is 0 Å². The predicted molar refractivity (Wildman–Crippen MR) is 132 cm³/mol. The number of urea groups is 1. The molecule has 2 aromatic rings. The van der Waals surface area contributed by atoms with E-state index in [4.69, 9.17) is 5.41 Å². The molecule has 0 unspecified atom stereocenters. The summed E-state index contributed by atoms with van der Waals surface area (Å²) in [5.41, 5.74) is 1.80. The third kappa shape index (κ3) is 4.14. The van der Waals surface area contributed by atoms with E-state index in [9.17, 15) is 14.9 Å². The Morgan fingerprint density at radius 1 is 1.26 bits per heavy atom. The molecule has 2 saturated heterocycles. The second-order valence-electron chi connectivity index (χ2n) is 9.44. The molecule has 0 spiro atoms. The first-order valence-corrected chi connectivity index (χ1v) is 12.2. The number of amides is 3. The van der Waals surface area contributed by atoms with Crippen LogP contribution in [-0.4, -0.2) is 66.8 Å². The highest BCUT2D eigenvalue weighted by Crippen LogP contribution is 2.45. The van der Waals surface area contributed by atoms with E-state index in [1.807, 2.05) is 35.4 Å². The monoisotopic (exact) mass is 478 g/mol. The van der Waals surface area contributed by atoms with Crippen LogP contribution in [0.5, 0.6) is 0 Å². The van der Waals surface area contributed by atoms with Crippen LogP contribution in [0, 0.1) is 28.6 Å². The van der Waals surface area contributed by atoms with Gasteiger partial charge in [-0.2, -0.15) is 5.26 Å². The fraction of sp³-hybridized carbons (Fsp3) is 0.440. The Morgan fingerprint density at radius 2 is 1.97 bits per heavy atom.